The van der Waals surface area contributed by atoms with Crippen molar-refractivity contribution in [2.24, 2.45) is 0 Å². The molecule has 2 nitrogen and oxygen atoms in total. The highest BCUT2D eigenvalue weighted by Crippen LogP contribution is 2.23. The van der Waals surface area contributed by atoms with Crippen LogP contribution in [0.4, 0.5) is 8.78 Å². The van der Waals surface area contributed by atoms with E-state index in [1.165, 1.54) is 6.20 Å². The van der Waals surface area contributed by atoms with Gasteiger partial charge in [0.2, 0.25) is 5.43 Å². The molecule has 1 aromatic rings. The smallest absolute Gasteiger partial charge is 0.270 e. The van der Waals surface area contributed by atoms with Gasteiger partial charge in [0.1, 0.15) is 0 Å². The van der Waals surface area contributed by atoms with Crippen molar-refractivity contribution in [3.8, 4) is 0 Å². The number of rotatable bonds is 1. The number of halogens is 4. The summed E-state index contributed by atoms with van der Waals surface area (Å²) in [6.07, 6.45) is -1.47. The zero-order valence-electron chi connectivity index (χ0n) is 5.57. The number of pyridine rings is 1. The Labute approximate surface area is 83.2 Å². The Bertz CT molecular complexity index is 350. The van der Waals surface area contributed by atoms with Crippen LogP contribution in [0.15, 0.2) is 20.1 Å². The zero-order valence-corrected chi connectivity index (χ0v) is 8.75. The SMILES string of the molecule is O=c1c(Br)c[nH]c(Br)c1C(F)F. The number of H-pyrrole nitrogens is 1. The van der Waals surface area contributed by atoms with E-state index in [0.29, 0.717) is 0 Å². The van der Waals surface area contributed by atoms with Crippen LogP contribution in [0.3, 0.4) is 0 Å². The molecule has 0 spiro atoms. The van der Waals surface area contributed by atoms with Crippen LogP contribution in [0.1, 0.15) is 12.0 Å². The number of aromatic amines is 1. The van der Waals surface area contributed by atoms with Gasteiger partial charge in [0.15, 0.2) is 0 Å². The third-order valence-electron chi connectivity index (χ3n) is 1.24. The Morgan fingerprint density at radius 3 is 2.42 bits per heavy atom. The standard InChI is InChI=1S/C6H3Br2F2NO/c7-2-1-11-5(8)3(4(2)12)6(9)10/h1,6H,(H,11,12). The summed E-state index contributed by atoms with van der Waals surface area (Å²) >= 11 is 5.68. The van der Waals surface area contributed by atoms with Gasteiger partial charge in [-0.3, -0.25) is 4.79 Å². The number of hydrogen-bond acceptors (Lipinski definition) is 1. The van der Waals surface area contributed by atoms with Gasteiger partial charge in [-0.15, -0.1) is 0 Å². The van der Waals surface area contributed by atoms with Gasteiger partial charge < -0.3 is 4.98 Å². The molecular formula is C6H3Br2F2NO. The van der Waals surface area contributed by atoms with Crippen LogP contribution in [-0.2, 0) is 0 Å². The maximum atomic E-state index is 12.2. The second kappa shape index (κ2) is 3.66. The normalized spacial score (nSPS) is 10.8. The Kier molecular flexibility index (Phi) is 3.00. The Balaban J connectivity index is 3.44. The first-order valence-corrected chi connectivity index (χ1v) is 4.47. The second-order valence-corrected chi connectivity index (χ2v) is 3.64. The molecule has 0 amide bonds. The number of aromatic nitrogens is 1. The first-order chi connectivity index (χ1) is 5.54. The van der Waals surface area contributed by atoms with Crippen molar-refractivity contribution in [1.29, 1.82) is 0 Å². The van der Waals surface area contributed by atoms with Gasteiger partial charge in [-0.2, -0.15) is 0 Å². The van der Waals surface area contributed by atoms with Crippen molar-refractivity contribution in [2.45, 2.75) is 6.43 Å². The van der Waals surface area contributed by atoms with Gasteiger partial charge in [0.05, 0.1) is 14.6 Å². The molecule has 1 N–H and O–H groups in total. The van der Waals surface area contributed by atoms with E-state index in [0.717, 1.165) is 0 Å². The minimum absolute atomic E-state index is 0.0192. The lowest BCUT2D eigenvalue weighted by molar-refractivity contribution is 0.148. The fourth-order valence-electron chi connectivity index (χ4n) is 0.693. The summed E-state index contributed by atoms with van der Waals surface area (Å²) in [7, 11) is 0. The van der Waals surface area contributed by atoms with E-state index in [-0.39, 0.29) is 9.08 Å². The lowest BCUT2D eigenvalue weighted by Crippen LogP contribution is -2.11. The van der Waals surface area contributed by atoms with Crippen molar-refractivity contribution < 1.29 is 8.78 Å². The lowest BCUT2D eigenvalue weighted by atomic mass is 10.3. The van der Waals surface area contributed by atoms with Crippen molar-refractivity contribution >= 4 is 31.9 Å². The van der Waals surface area contributed by atoms with Crippen LogP contribution in [0, 0.1) is 0 Å². The molecule has 1 aromatic heterocycles. The summed E-state index contributed by atoms with van der Waals surface area (Å²) in [6, 6.07) is 0. The summed E-state index contributed by atoms with van der Waals surface area (Å²) in [4.78, 5) is 13.5. The number of alkyl halides is 2. The molecule has 0 saturated carbocycles. The molecule has 0 aliphatic rings. The maximum absolute atomic E-state index is 12.2. The second-order valence-electron chi connectivity index (χ2n) is 1.99. The van der Waals surface area contributed by atoms with Crippen LogP contribution in [0.2, 0.25) is 0 Å². The molecule has 6 heteroatoms. The van der Waals surface area contributed by atoms with E-state index in [9.17, 15) is 13.6 Å². The molecule has 1 rings (SSSR count). The van der Waals surface area contributed by atoms with Crippen LogP contribution in [0.25, 0.3) is 0 Å². The zero-order chi connectivity index (χ0) is 9.30. The molecule has 0 aromatic carbocycles. The molecule has 0 fully saturated rings. The van der Waals surface area contributed by atoms with Crippen molar-refractivity contribution in [3.63, 3.8) is 0 Å². The van der Waals surface area contributed by atoms with Crippen molar-refractivity contribution in [2.75, 3.05) is 0 Å². The third kappa shape index (κ3) is 1.74. The summed E-state index contributed by atoms with van der Waals surface area (Å²) in [6.45, 7) is 0. The van der Waals surface area contributed by atoms with E-state index in [2.05, 4.69) is 36.8 Å². The van der Waals surface area contributed by atoms with Gasteiger partial charge >= 0.3 is 0 Å². The summed E-state index contributed by atoms with van der Waals surface area (Å²) < 4.78 is 24.5. The first kappa shape index (κ1) is 9.85. The predicted molar refractivity (Wildman–Crippen MR) is 47.4 cm³/mol. The molecule has 0 saturated heterocycles. The highest BCUT2D eigenvalue weighted by atomic mass is 79.9. The highest BCUT2D eigenvalue weighted by molar-refractivity contribution is 9.11. The van der Waals surface area contributed by atoms with Gasteiger partial charge in [-0.05, 0) is 31.9 Å². The summed E-state index contributed by atoms with van der Waals surface area (Å²) in [5.74, 6) is 0. The molecule has 0 aliphatic heterocycles. The minimum atomic E-state index is -2.78. The molecule has 0 bridgehead atoms. The largest absolute Gasteiger partial charge is 0.354 e. The summed E-state index contributed by atoms with van der Waals surface area (Å²) in [5, 5.41) is 0. The van der Waals surface area contributed by atoms with Gasteiger partial charge in [0.25, 0.3) is 6.43 Å². The molecule has 0 aliphatic carbocycles. The minimum Gasteiger partial charge on any atom is -0.354 e. The van der Waals surface area contributed by atoms with E-state index in [1.807, 2.05) is 0 Å². The quantitative estimate of drug-likeness (QED) is 0.795. The van der Waals surface area contributed by atoms with E-state index < -0.39 is 17.4 Å². The molecule has 0 atom stereocenters. The fraction of sp³-hybridized carbons (Fsp3) is 0.167. The van der Waals surface area contributed by atoms with E-state index in [4.69, 9.17) is 0 Å². The third-order valence-corrected chi connectivity index (χ3v) is 2.49. The number of nitrogens with one attached hydrogen (secondary N) is 1. The molecule has 0 radical (unpaired) electrons. The summed E-state index contributed by atoms with van der Waals surface area (Å²) in [5.41, 5.74) is -1.25. The average molecular weight is 303 g/mol. The maximum Gasteiger partial charge on any atom is 0.270 e. The monoisotopic (exact) mass is 301 g/mol. The molecule has 66 valence electrons. The molecule has 1 heterocycles. The van der Waals surface area contributed by atoms with Crippen LogP contribution < -0.4 is 5.43 Å². The molecular weight excluding hydrogens is 300 g/mol. The molecule has 0 unspecified atom stereocenters. The Morgan fingerprint density at radius 1 is 1.42 bits per heavy atom. The highest BCUT2D eigenvalue weighted by Gasteiger charge is 2.17. The van der Waals surface area contributed by atoms with Crippen molar-refractivity contribution in [3.05, 3.63) is 31.1 Å². The topological polar surface area (TPSA) is 32.9 Å². The predicted octanol–water partition coefficient (Wildman–Crippen LogP) is 2.84. The van der Waals surface area contributed by atoms with Gasteiger partial charge in [-0.25, -0.2) is 8.78 Å². The Morgan fingerprint density at radius 2 is 2.00 bits per heavy atom. The molecule has 12 heavy (non-hydrogen) atoms. The fourth-order valence-corrected chi connectivity index (χ4v) is 1.49. The van der Waals surface area contributed by atoms with Crippen molar-refractivity contribution in [1.82, 2.24) is 4.98 Å². The van der Waals surface area contributed by atoms with Crippen LogP contribution >= 0.6 is 31.9 Å². The lowest BCUT2D eigenvalue weighted by Gasteiger charge is -2.01. The van der Waals surface area contributed by atoms with Gasteiger partial charge in [0, 0.05) is 6.20 Å². The van der Waals surface area contributed by atoms with Crippen LogP contribution in [0.5, 0.6) is 0 Å². The number of hydrogen-bond donors (Lipinski definition) is 1. The Hall–Kier alpha value is -0.230. The average Bonchev–Trinajstić information content (AvgIpc) is 1.97. The van der Waals surface area contributed by atoms with Gasteiger partial charge in [-0.1, -0.05) is 0 Å². The van der Waals surface area contributed by atoms with Crippen LogP contribution in [-0.4, -0.2) is 4.98 Å². The van der Waals surface area contributed by atoms with E-state index in [1.54, 1.807) is 0 Å². The van der Waals surface area contributed by atoms with E-state index >= 15 is 0 Å². The first-order valence-electron chi connectivity index (χ1n) is 2.88.